The maximum Gasteiger partial charge on any atom is 0.244 e. The van der Waals surface area contributed by atoms with E-state index in [1.807, 2.05) is 12.1 Å². The van der Waals surface area contributed by atoms with Gasteiger partial charge < -0.3 is 0 Å². The van der Waals surface area contributed by atoms with Crippen molar-refractivity contribution in [2.75, 3.05) is 13.1 Å². The monoisotopic (exact) mass is 412 g/mol. The molecule has 4 nitrogen and oxygen atoms in total. The van der Waals surface area contributed by atoms with Gasteiger partial charge in [-0.05, 0) is 42.7 Å². The Bertz CT molecular complexity index is 773. The number of hydrogen-bond donors (Lipinski definition) is 0. The van der Waals surface area contributed by atoms with Crippen LogP contribution in [0.1, 0.15) is 18.4 Å². The first-order chi connectivity index (χ1) is 11.1. The molecule has 122 valence electrons. The van der Waals surface area contributed by atoms with E-state index in [0.717, 1.165) is 28.1 Å². The Balaban J connectivity index is 1.67. The van der Waals surface area contributed by atoms with E-state index in [0.29, 0.717) is 13.1 Å². The topological polar surface area (TPSA) is 50.3 Å². The molecule has 0 N–H and O–H groups in total. The van der Waals surface area contributed by atoms with Crippen LogP contribution in [0.15, 0.2) is 57.0 Å². The van der Waals surface area contributed by atoms with Gasteiger partial charge >= 0.3 is 0 Å². The molecule has 23 heavy (non-hydrogen) atoms. The molecule has 2 aromatic rings. The Hall–Kier alpha value is -0.890. The molecular weight excluding hydrogens is 396 g/mol. The van der Waals surface area contributed by atoms with Gasteiger partial charge in [0.05, 0.1) is 5.03 Å². The quantitative estimate of drug-likeness (QED) is 0.698. The zero-order valence-electron chi connectivity index (χ0n) is 12.5. The molecule has 0 saturated carbocycles. The standard InChI is InChI=1S/C16H17BrN2O2S2/c17-14-5-3-4-13(10-14)12-22-16-7-6-15(11-18-16)23(20,21)19-8-1-2-9-19/h3-7,10-11H,1-2,8-9,12H2. The second-order valence-electron chi connectivity index (χ2n) is 5.36. The summed E-state index contributed by atoms with van der Waals surface area (Å²) in [4.78, 5) is 4.58. The molecule has 1 aliphatic heterocycles. The average molecular weight is 413 g/mol. The molecule has 1 fully saturated rings. The molecule has 0 aliphatic carbocycles. The van der Waals surface area contributed by atoms with E-state index in [1.165, 1.54) is 11.8 Å². The largest absolute Gasteiger partial charge is 0.249 e. The fourth-order valence-corrected chi connectivity index (χ4v) is 5.16. The number of aromatic nitrogens is 1. The summed E-state index contributed by atoms with van der Waals surface area (Å²) in [6, 6.07) is 11.6. The SMILES string of the molecule is O=S(=O)(c1ccc(SCc2cccc(Br)c2)nc1)N1CCCC1. The van der Waals surface area contributed by atoms with Gasteiger partial charge in [0, 0.05) is 29.5 Å². The second kappa shape index (κ2) is 7.34. The highest BCUT2D eigenvalue weighted by molar-refractivity contribution is 9.10. The van der Waals surface area contributed by atoms with E-state index in [-0.39, 0.29) is 4.90 Å². The number of halogens is 1. The summed E-state index contributed by atoms with van der Waals surface area (Å²) >= 11 is 5.05. The van der Waals surface area contributed by atoms with Crippen LogP contribution >= 0.6 is 27.7 Å². The molecular formula is C16H17BrN2O2S2. The Labute approximate surface area is 149 Å². The van der Waals surface area contributed by atoms with Gasteiger partial charge in [0.1, 0.15) is 4.90 Å². The van der Waals surface area contributed by atoms with Crippen LogP contribution in [0.25, 0.3) is 0 Å². The van der Waals surface area contributed by atoms with Crippen molar-refractivity contribution in [2.24, 2.45) is 0 Å². The summed E-state index contributed by atoms with van der Waals surface area (Å²) < 4.78 is 27.5. The first-order valence-corrected chi connectivity index (χ1v) is 10.6. The lowest BCUT2D eigenvalue weighted by Crippen LogP contribution is -2.27. The number of rotatable bonds is 5. The van der Waals surface area contributed by atoms with Crippen molar-refractivity contribution in [3.05, 3.63) is 52.6 Å². The van der Waals surface area contributed by atoms with E-state index in [1.54, 1.807) is 28.2 Å². The summed E-state index contributed by atoms with van der Waals surface area (Å²) in [5, 5.41) is 0.824. The smallest absolute Gasteiger partial charge is 0.244 e. The third-order valence-electron chi connectivity index (χ3n) is 3.69. The van der Waals surface area contributed by atoms with Crippen molar-refractivity contribution in [1.29, 1.82) is 0 Å². The molecule has 3 rings (SSSR count). The Morgan fingerprint density at radius 3 is 2.61 bits per heavy atom. The zero-order chi connectivity index (χ0) is 16.3. The van der Waals surface area contributed by atoms with Crippen LogP contribution in [-0.2, 0) is 15.8 Å². The van der Waals surface area contributed by atoms with E-state index < -0.39 is 10.0 Å². The molecule has 1 aliphatic rings. The normalized spacial score (nSPS) is 15.9. The molecule has 0 spiro atoms. The first kappa shape index (κ1) is 17.0. The third-order valence-corrected chi connectivity index (χ3v) is 7.08. The lowest BCUT2D eigenvalue weighted by atomic mass is 10.2. The lowest BCUT2D eigenvalue weighted by Gasteiger charge is -2.15. The minimum atomic E-state index is -3.37. The second-order valence-corrected chi connectivity index (χ2v) is 9.21. The first-order valence-electron chi connectivity index (χ1n) is 7.39. The van der Waals surface area contributed by atoms with Gasteiger partial charge in [-0.3, -0.25) is 0 Å². The van der Waals surface area contributed by atoms with Crippen molar-refractivity contribution < 1.29 is 8.42 Å². The number of sulfonamides is 1. The average Bonchev–Trinajstić information content (AvgIpc) is 3.09. The van der Waals surface area contributed by atoms with Crippen molar-refractivity contribution in [3.8, 4) is 0 Å². The summed E-state index contributed by atoms with van der Waals surface area (Å²) in [5.74, 6) is 0.796. The molecule has 1 aromatic carbocycles. The minimum Gasteiger partial charge on any atom is -0.249 e. The molecule has 0 bridgehead atoms. The molecule has 2 heterocycles. The van der Waals surface area contributed by atoms with Crippen LogP contribution in [-0.4, -0.2) is 30.8 Å². The summed E-state index contributed by atoms with van der Waals surface area (Å²) in [7, 11) is -3.37. The van der Waals surface area contributed by atoms with Gasteiger partial charge in [0.15, 0.2) is 0 Å². The fourth-order valence-electron chi connectivity index (χ4n) is 2.47. The van der Waals surface area contributed by atoms with Crippen LogP contribution < -0.4 is 0 Å². The van der Waals surface area contributed by atoms with E-state index in [2.05, 4.69) is 33.0 Å². The fraction of sp³-hybridized carbons (Fsp3) is 0.312. The van der Waals surface area contributed by atoms with E-state index in [4.69, 9.17) is 0 Å². The zero-order valence-corrected chi connectivity index (χ0v) is 15.7. The maximum atomic E-state index is 12.4. The van der Waals surface area contributed by atoms with E-state index >= 15 is 0 Å². The highest BCUT2D eigenvalue weighted by Crippen LogP contribution is 2.25. The molecule has 0 unspecified atom stereocenters. The number of nitrogens with zero attached hydrogens (tertiary/aromatic N) is 2. The summed E-state index contributed by atoms with van der Waals surface area (Å²) in [6.45, 7) is 1.23. The van der Waals surface area contributed by atoms with Gasteiger partial charge in [0.25, 0.3) is 0 Å². The Morgan fingerprint density at radius 2 is 1.96 bits per heavy atom. The molecule has 0 amide bonds. The summed E-state index contributed by atoms with van der Waals surface area (Å²) in [5.41, 5.74) is 1.19. The van der Waals surface area contributed by atoms with E-state index in [9.17, 15) is 8.42 Å². The number of thioether (sulfide) groups is 1. The number of pyridine rings is 1. The van der Waals surface area contributed by atoms with Crippen molar-refractivity contribution in [1.82, 2.24) is 9.29 Å². The number of hydrogen-bond acceptors (Lipinski definition) is 4. The molecule has 1 aromatic heterocycles. The van der Waals surface area contributed by atoms with Gasteiger partial charge in [-0.2, -0.15) is 4.31 Å². The third kappa shape index (κ3) is 4.15. The summed E-state index contributed by atoms with van der Waals surface area (Å²) in [6.07, 6.45) is 3.34. The highest BCUT2D eigenvalue weighted by Gasteiger charge is 2.27. The van der Waals surface area contributed by atoms with Crippen LogP contribution in [0.5, 0.6) is 0 Å². The van der Waals surface area contributed by atoms with Crippen LogP contribution in [0, 0.1) is 0 Å². The van der Waals surface area contributed by atoms with Gasteiger partial charge in [-0.1, -0.05) is 28.1 Å². The predicted molar refractivity (Wildman–Crippen MR) is 95.9 cm³/mol. The van der Waals surface area contributed by atoms with Gasteiger partial charge in [0.2, 0.25) is 10.0 Å². The lowest BCUT2D eigenvalue weighted by molar-refractivity contribution is 0.477. The van der Waals surface area contributed by atoms with Crippen LogP contribution in [0.4, 0.5) is 0 Å². The van der Waals surface area contributed by atoms with Crippen molar-refractivity contribution in [3.63, 3.8) is 0 Å². The molecule has 7 heteroatoms. The van der Waals surface area contributed by atoms with Crippen LogP contribution in [0.3, 0.4) is 0 Å². The Morgan fingerprint density at radius 1 is 1.17 bits per heavy atom. The maximum absolute atomic E-state index is 12.4. The minimum absolute atomic E-state index is 0.284. The predicted octanol–water partition coefficient (Wildman–Crippen LogP) is 3.92. The van der Waals surface area contributed by atoms with Gasteiger partial charge in [-0.15, -0.1) is 11.8 Å². The number of benzene rings is 1. The van der Waals surface area contributed by atoms with Gasteiger partial charge in [-0.25, -0.2) is 13.4 Å². The van der Waals surface area contributed by atoms with Crippen molar-refractivity contribution in [2.45, 2.75) is 28.5 Å². The molecule has 0 atom stereocenters. The van der Waals surface area contributed by atoms with Crippen molar-refractivity contribution >= 4 is 37.7 Å². The molecule has 0 radical (unpaired) electrons. The highest BCUT2D eigenvalue weighted by atomic mass is 79.9. The molecule has 1 saturated heterocycles. The Kier molecular flexibility index (Phi) is 5.41. The van der Waals surface area contributed by atoms with Crippen LogP contribution in [0.2, 0.25) is 0 Å².